The van der Waals surface area contributed by atoms with E-state index >= 15 is 0 Å². The smallest absolute Gasteiger partial charge is 0.203 e. The molecule has 0 bridgehead atoms. The van der Waals surface area contributed by atoms with Crippen LogP contribution in [0.2, 0.25) is 0 Å². The van der Waals surface area contributed by atoms with Gasteiger partial charge in [0.2, 0.25) is 5.75 Å². The van der Waals surface area contributed by atoms with Crippen molar-refractivity contribution >= 4 is 0 Å². The van der Waals surface area contributed by atoms with Gasteiger partial charge in [-0.1, -0.05) is 6.07 Å². The summed E-state index contributed by atoms with van der Waals surface area (Å²) in [4.78, 5) is 12.1. The summed E-state index contributed by atoms with van der Waals surface area (Å²) in [6, 6.07) is 8.87. The Bertz CT molecular complexity index is 928. The van der Waals surface area contributed by atoms with Crippen molar-refractivity contribution in [2.45, 2.75) is 19.3 Å². The van der Waals surface area contributed by atoms with Crippen LogP contribution in [0.3, 0.4) is 0 Å². The van der Waals surface area contributed by atoms with E-state index in [-0.39, 0.29) is 11.0 Å². The Morgan fingerprint density at radius 3 is 2.32 bits per heavy atom. The van der Waals surface area contributed by atoms with E-state index in [1.54, 1.807) is 33.5 Å². The van der Waals surface area contributed by atoms with Crippen LogP contribution in [0.4, 0.5) is 0 Å². The van der Waals surface area contributed by atoms with Crippen molar-refractivity contribution in [2.24, 2.45) is 0 Å². The Morgan fingerprint density at radius 1 is 0.960 bits per heavy atom. The summed E-state index contributed by atoms with van der Waals surface area (Å²) in [6.45, 7) is 0. The lowest BCUT2D eigenvalue weighted by molar-refractivity contribution is 0.324. The van der Waals surface area contributed by atoms with Crippen molar-refractivity contribution in [3.05, 3.63) is 51.2 Å². The lowest BCUT2D eigenvalue weighted by atomic mass is 9.96. The summed E-state index contributed by atoms with van der Waals surface area (Å²) >= 11 is 0. The van der Waals surface area contributed by atoms with Gasteiger partial charge in [0.1, 0.15) is 6.07 Å². The fraction of sp³-hybridized carbons (Fsp3) is 0.300. The Labute approximate surface area is 146 Å². The summed E-state index contributed by atoms with van der Waals surface area (Å²) in [5.74, 6) is 1.72. The molecule has 0 aromatic heterocycles. The van der Waals surface area contributed by atoms with E-state index in [0.717, 1.165) is 41.5 Å². The molecule has 0 saturated heterocycles. The number of rotatable bonds is 3. The van der Waals surface area contributed by atoms with Gasteiger partial charge in [-0.05, 0) is 54.2 Å². The molecule has 0 heterocycles. The SMILES string of the molecule is COc1cc2c(c(OC)c1OC)-c1ccc(=O)c(C#N)cc1CCC2. The highest BCUT2D eigenvalue weighted by Gasteiger charge is 2.25. The summed E-state index contributed by atoms with van der Waals surface area (Å²) in [7, 11) is 4.75. The normalized spacial score (nSPS) is 12.2. The van der Waals surface area contributed by atoms with Crippen LogP contribution in [-0.2, 0) is 12.8 Å². The summed E-state index contributed by atoms with van der Waals surface area (Å²) in [5.41, 5.74) is 3.70. The van der Waals surface area contributed by atoms with Gasteiger partial charge in [0, 0.05) is 5.56 Å². The molecule has 0 fully saturated rings. The first kappa shape index (κ1) is 16.8. The first-order chi connectivity index (χ1) is 12.1. The molecule has 3 rings (SSSR count). The van der Waals surface area contributed by atoms with Crippen LogP contribution in [0, 0.1) is 11.3 Å². The van der Waals surface area contributed by atoms with Crippen LogP contribution < -0.4 is 19.6 Å². The molecule has 128 valence electrons. The minimum Gasteiger partial charge on any atom is -0.493 e. The second-order valence-electron chi connectivity index (χ2n) is 5.84. The number of ether oxygens (including phenoxy) is 3. The van der Waals surface area contributed by atoms with Crippen molar-refractivity contribution < 1.29 is 14.2 Å². The van der Waals surface area contributed by atoms with Crippen LogP contribution in [-0.4, -0.2) is 21.3 Å². The van der Waals surface area contributed by atoms with Crippen molar-refractivity contribution in [1.29, 1.82) is 5.26 Å². The summed E-state index contributed by atoms with van der Waals surface area (Å²) in [5, 5.41) is 9.24. The van der Waals surface area contributed by atoms with Crippen molar-refractivity contribution in [3.8, 4) is 34.4 Å². The van der Waals surface area contributed by atoms with Crippen LogP contribution in [0.25, 0.3) is 11.1 Å². The third kappa shape index (κ3) is 2.80. The number of benzene rings is 1. The molecule has 0 unspecified atom stereocenters. The lowest BCUT2D eigenvalue weighted by Crippen LogP contribution is -2.00. The van der Waals surface area contributed by atoms with E-state index in [9.17, 15) is 10.1 Å². The van der Waals surface area contributed by atoms with Crippen molar-refractivity contribution in [2.75, 3.05) is 21.3 Å². The molecule has 0 amide bonds. The van der Waals surface area contributed by atoms with Gasteiger partial charge in [0.25, 0.3) is 0 Å². The molecule has 0 radical (unpaired) electrons. The van der Waals surface area contributed by atoms with Gasteiger partial charge in [0.15, 0.2) is 16.9 Å². The quantitative estimate of drug-likeness (QED) is 0.861. The molecule has 0 atom stereocenters. The summed E-state index contributed by atoms with van der Waals surface area (Å²) < 4.78 is 16.6. The predicted molar refractivity (Wildman–Crippen MR) is 94.5 cm³/mol. The molecule has 1 aliphatic carbocycles. The van der Waals surface area contributed by atoms with Gasteiger partial charge < -0.3 is 14.2 Å². The number of nitriles is 1. The maximum absolute atomic E-state index is 12.1. The van der Waals surface area contributed by atoms with E-state index in [2.05, 4.69) is 0 Å². The van der Waals surface area contributed by atoms with E-state index in [1.807, 2.05) is 12.1 Å². The minimum atomic E-state index is -0.281. The molecule has 0 aliphatic heterocycles. The van der Waals surface area contributed by atoms with Gasteiger partial charge in [0.05, 0.1) is 26.9 Å². The van der Waals surface area contributed by atoms with Crippen LogP contribution in [0.15, 0.2) is 29.1 Å². The monoisotopic (exact) mass is 337 g/mol. The molecule has 1 aliphatic rings. The Hall–Kier alpha value is -3.00. The van der Waals surface area contributed by atoms with Gasteiger partial charge in [-0.25, -0.2) is 0 Å². The second kappa shape index (κ2) is 6.86. The Morgan fingerprint density at radius 2 is 1.68 bits per heavy atom. The molecular formula is C20H19NO4. The molecule has 0 spiro atoms. The van der Waals surface area contributed by atoms with Gasteiger partial charge in [-0.15, -0.1) is 0 Å². The van der Waals surface area contributed by atoms with Gasteiger partial charge in [-0.2, -0.15) is 5.26 Å². The second-order valence-corrected chi connectivity index (χ2v) is 5.84. The third-order valence-corrected chi connectivity index (χ3v) is 4.53. The maximum Gasteiger partial charge on any atom is 0.203 e. The highest BCUT2D eigenvalue weighted by atomic mass is 16.5. The number of fused-ring (bicyclic) bond motifs is 3. The van der Waals surface area contributed by atoms with Crippen molar-refractivity contribution in [3.63, 3.8) is 0 Å². The first-order valence-corrected chi connectivity index (χ1v) is 8.04. The fourth-order valence-electron chi connectivity index (χ4n) is 3.39. The van der Waals surface area contributed by atoms with Gasteiger partial charge >= 0.3 is 0 Å². The molecule has 5 nitrogen and oxygen atoms in total. The zero-order valence-corrected chi connectivity index (χ0v) is 14.5. The van der Waals surface area contributed by atoms with Crippen molar-refractivity contribution in [1.82, 2.24) is 0 Å². The van der Waals surface area contributed by atoms with Gasteiger partial charge in [-0.3, -0.25) is 4.79 Å². The first-order valence-electron chi connectivity index (χ1n) is 8.04. The average Bonchev–Trinajstić information content (AvgIpc) is 2.90. The van der Waals surface area contributed by atoms with E-state index in [1.165, 1.54) is 6.07 Å². The highest BCUT2D eigenvalue weighted by Crippen LogP contribution is 2.48. The zero-order valence-electron chi connectivity index (χ0n) is 14.5. The van der Waals surface area contributed by atoms with E-state index in [4.69, 9.17) is 14.2 Å². The number of methoxy groups -OCH3 is 3. The number of hydrogen-bond donors (Lipinski definition) is 0. The molecule has 0 N–H and O–H groups in total. The standard InChI is InChI=1S/C20H19NO4/c1-23-17-10-13-6-4-5-12-9-14(11-21)16(22)8-7-15(12)18(13)20(25-3)19(17)24-2/h7-10H,4-6H2,1-3H3. The predicted octanol–water partition coefficient (Wildman–Crippen LogP) is 3.10. The number of hydrogen-bond acceptors (Lipinski definition) is 5. The fourth-order valence-corrected chi connectivity index (χ4v) is 3.39. The van der Waals surface area contributed by atoms with Crippen LogP contribution >= 0.6 is 0 Å². The lowest BCUT2D eigenvalue weighted by Gasteiger charge is -2.19. The average molecular weight is 337 g/mol. The molecule has 5 heteroatoms. The maximum atomic E-state index is 12.1. The Balaban J connectivity index is 2.42. The third-order valence-electron chi connectivity index (χ3n) is 4.53. The largest absolute Gasteiger partial charge is 0.493 e. The molecule has 2 aromatic carbocycles. The molecule has 0 saturated carbocycles. The summed E-state index contributed by atoms with van der Waals surface area (Å²) in [6.07, 6.45) is 2.53. The molecule has 25 heavy (non-hydrogen) atoms. The number of nitrogens with zero attached hydrogens (tertiary/aromatic N) is 1. The van der Waals surface area contributed by atoms with Crippen LogP contribution in [0.1, 0.15) is 23.1 Å². The number of aryl methyl sites for hydroxylation is 2. The van der Waals surface area contributed by atoms with E-state index in [0.29, 0.717) is 17.2 Å². The van der Waals surface area contributed by atoms with Crippen LogP contribution in [0.5, 0.6) is 17.2 Å². The molecule has 2 aromatic rings. The highest BCUT2D eigenvalue weighted by molar-refractivity contribution is 5.82. The Kier molecular flexibility index (Phi) is 4.62. The minimum absolute atomic E-state index is 0.157. The van der Waals surface area contributed by atoms with E-state index < -0.39 is 0 Å². The zero-order chi connectivity index (χ0) is 18.0. The molecular weight excluding hydrogens is 318 g/mol. The topological polar surface area (TPSA) is 68.6 Å².